The van der Waals surface area contributed by atoms with Gasteiger partial charge in [0.2, 0.25) is 0 Å². The van der Waals surface area contributed by atoms with Crippen LogP contribution in [0, 0.1) is 0 Å². The van der Waals surface area contributed by atoms with E-state index in [2.05, 4.69) is 15.5 Å². The Morgan fingerprint density at radius 3 is 2.87 bits per heavy atom. The van der Waals surface area contributed by atoms with Crippen LogP contribution >= 0.6 is 11.6 Å². The highest BCUT2D eigenvalue weighted by molar-refractivity contribution is 6.34. The second kappa shape index (κ2) is 7.65. The van der Waals surface area contributed by atoms with Gasteiger partial charge in [0.25, 0.3) is 0 Å². The van der Waals surface area contributed by atoms with Crippen LogP contribution < -0.4 is 5.32 Å². The molecule has 154 valence electrons. The van der Waals surface area contributed by atoms with Gasteiger partial charge in [0.05, 0.1) is 18.2 Å². The summed E-state index contributed by atoms with van der Waals surface area (Å²) in [4.78, 5) is 16.9. The van der Waals surface area contributed by atoms with E-state index in [4.69, 9.17) is 21.3 Å². The van der Waals surface area contributed by atoms with Gasteiger partial charge in [-0.05, 0) is 37.1 Å². The van der Waals surface area contributed by atoms with Crippen LogP contribution in [0.1, 0.15) is 42.5 Å². The van der Waals surface area contributed by atoms with E-state index < -0.39 is 0 Å². The minimum atomic E-state index is -0.379. The Morgan fingerprint density at radius 1 is 1.23 bits per heavy atom. The molecule has 0 aliphatic heterocycles. The van der Waals surface area contributed by atoms with E-state index in [1.807, 2.05) is 28.8 Å². The predicted octanol–water partition coefficient (Wildman–Crippen LogP) is 5.06. The lowest BCUT2D eigenvalue weighted by molar-refractivity contribution is 0.0600. The summed E-state index contributed by atoms with van der Waals surface area (Å²) in [6, 6.07) is 9.87. The van der Waals surface area contributed by atoms with Gasteiger partial charge in [-0.1, -0.05) is 36.9 Å². The molecule has 1 saturated carbocycles. The second-order valence-corrected chi connectivity index (χ2v) is 8.06. The number of carbonyl (C=O) groups is 1. The summed E-state index contributed by atoms with van der Waals surface area (Å²) >= 11 is 6.24. The minimum absolute atomic E-state index is 0.379. The molecule has 5 rings (SSSR count). The van der Waals surface area contributed by atoms with E-state index in [0.717, 1.165) is 40.8 Å². The largest absolute Gasteiger partial charge is 0.465 e. The van der Waals surface area contributed by atoms with Crippen molar-refractivity contribution in [1.82, 2.24) is 19.6 Å². The van der Waals surface area contributed by atoms with Gasteiger partial charge in [-0.3, -0.25) is 9.50 Å². The first-order valence-corrected chi connectivity index (χ1v) is 10.5. The molecule has 1 aliphatic rings. The van der Waals surface area contributed by atoms with Crippen molar-refractivity contribution in [2.75, 3.05) is 12.4 Å². The van der Waals surface area contributed by atoms with E-state index in [1.165, 1.54) is 26.4 Å². The zero-order chi connectivity index (χ0) is 20.7. The highest BCUT2D eigenvalue weighted by Crippen LogP contribution is 2.34. The van der Waals surface area contributed by atoms with Crippen LogP contribution in [0.4, 0.5) is 5.82 Å². The number of aromatic amines is 1. The third-order valence-electron chi connectivity index (χ3n) is 5.78. The van der Waals surface area contributed by atoms with Gasteiger partial charge in [-0.15, -0.1) is 0 Å². The molecule has 1 fully saturated rings. The van der Waals surface area contributed by atoms with Crippen molar-refractivity contribution in [2.45, 2.75) is 38.1 Å². The molecule has 4 aromatic rings. The highest BCUT2D eigenvalue weighted by Gasteiger charge is 2.21. The summed E-state index contributed by atoms with van der Waals surface area (Å²) in [7, 11) is 1.38. The molecule has 0 atom stereocenters. The molecule has 8 heteroatoms. The van der Waals surface area contributed by atoms with Crippen LogP contribution in [-0.4, -0.2) is 38.7 Å². The van der Waals surface area contributed by atoms with Crippen molar-refractivity contribution >= 4 is 39.9 Å². The number of carbonyl (C=O) groups excluding carboxylic acids is 1. The van der Waals surface area contributed by atoms with Crippen LogP contribution in [0.5, 0.6) is 0 Å². The fourth-order valence-electron chi connectivity index (χ4n) is 4.20. The van der Waals surface area contributed by atoms with Gasteiger partial charge in [-0.25, -0.2) is 9.78 Å². The maximum Gasteiger partial charge on any atom is 0.338 e. The fraction of sp³-hybridized carbons (Fsp3) is 0.318. The molecule has 0 bridgehead atoms. The van der Waals surface area contributed by atoms with E-state index in [1.54, 1.807) is 12.1 Å². The van der Waals surface area contributed by atoms with Gasteiger partial charge in [-0.2, -0.15) is 5.10 Å². The number of nitrogens with one attached hydrogen (secondary N) is 2. The number of H-pyrrole nitrogens is 1. The van der Waals surface area contributed by atoms with E-state index >= 15 is 0 Å². The monoisotopic (exact) mass is 423 g/mol. The standard InChI is InChI=1S/C22H22ClN5O2/c1-30-22(29)14-9-10-28-18(12-14)25-19(21(28)24-15-5-3-2-4-6-15)13-7-8-17-16(11-13)20(23)27-26-17/h7-12,15,24H,2-6H2,1H3,(H,26,27). The first kappa shape index (κ1) is 18.9. The van der Waals surface area contributed by atoms with Crippen LogP contribution in [-0.2, 0) is 4.74 Å². The summed E-state index contributed by atoms with van der Waals surface area (Å²) in [6.07, 6.45) is 7.89. The SMILES string of the molecule is COC(=O)c1ccn2c(NC3CCCCC3)c(-c3ccc4[nH]nc(Cl)c4c3)nc2c1. The molecule has 7 nitrogen and oxygen atoms in total. The van der Waals surface area contributed by atoms with Crippen molar-refractivity contribution in [3.8, 4) is 11.3 Å². The number of imidazole rings is 1. The average molecular weight is 424 g/mol. The van der Waals surface area contributed by atoms with Crippen molar-refractivity contribution in [1.29, 1.82) is 0 Å². The summed E-state index contributed by atoms with van der Waals surface area (Å²) in [6.45, 7) is 0. The highest BCUT2D eigenvalue weighted by atomic mass is 35.5. The summed E-state index contributed by atoms with van der Waals surface area (Å²) in [5.41, 5.74) is 3.79. The molecule has 0 spiro atoms. The van der Waals surface area contributed by atoms with Crippen molar-refractivity contribution in [3.05, 3.63) is 47.2 Å². The molecule has 1 aromatic carbocycles. The second-order valence-electron chi connectivity index (χ2n) is 7.70. The average Bonchev–Trinajstić information content (AvgIpc) is 3.33. The Bertz CT molecular complexity index is 1240. The summed E-state index contributed by atoms with van der Waals surface area (Å²) < 4.78 is 6.86. The molecular weight excluding hydrogens is 402 g/mol. The third-order valence-corrected chi connectivity index (χ3v) is 6.07. The third kappa shape index (κ3) is 3.29. The first-order valence-electron chi connectivity index (χ1n) is 10.1. The molecular formula is C22H22ClN5O2. The molecule has 0 saturated heterocycles. The normalized spacial score (nSPS) is 15.0. The number of fused-ring (bicyclic) bond motifs is 2. The van der Waals surface area contributed by atoms with Gasteiger partial charge in [0.1, 0.15) is 17.2 Å². The number of nitrogens with zero attached hydrogens (tertiary/aromatic N) is 3. The Kier molecular flexibility index (Phi) is 4.83. The van der Waals surface area contributed by atoms with Gasteiger partial charge < -0.3 is 10.1 Å². The number of esters is 1. The van der Waals surface area contributed by atoms with Crippen LogP contribution in [0.25, 0.3) is 27.8 Å². The molecule has 0 radical (unpaired) electrons. The number of methoxy groups -OCH3 is 1. The Morgan fingerprint density at radius 2 is 2.07 bits per heavy atom. The zero-order valence-corrected chi connectivity index (χ0v) is 17.4. The molecule has 1 aliphatic carbocycles. The Hall–Kier alpha value is -3.06. The van der Waals surface area contributed by atoms with Gasteiger partial charge >= 0.3 is 5.97 Å². The lowest BCUT2D eigenvalue weighted by Gasteiger charge is -2.24. The topological polar surface area (TPSA) is 84.3 Å². The minimum Gasteiger partial charge on any atom is -0.465 e. The number of anilines is 1. The number of rotatable bonds is 4. The fourth-order valence-corrected chi connectivity index (χ4v) is 4.40. The number of pyridine rings is 1. The maximum absolute atomic E-state index is 12.0. The van der Waals surface area contributed by atoms with Crippen LogP contribution in [0.2, 0.25) is 5.15 Å². The van der Waals surface area contributed by atoms with E-state index in [0.29, 0.717) is 22.4 Å². The number of ether oxygens (including phenoxy) is 1. The van der Waals surface area contributed by atoms with Gasteiger partial charge in [0.15, 0.2) is 5.15 Å². The lowest BCUT2D eigenvalue weighted by atomic mass is 9.95. The van der Waals surface area contributed by atoms with Crippen LogP contribution in [0.15, 0.2) is 36.5 Å². The Labute approximate surface area is 178 Å². The molecule has 3 aromatic heterocycles. The lowest BCUT2D eigenvalue weighted by Crippen LogP contribution is -2.23. The molecule has 2 N–H and O–H groups in total. The number of hydrogen-bond donors (Lipinski definition) is 2. The number of aromatic nitrogens is 4. The molecule has 0 amide bonds. The van der Waals surface area contributed by atoms with Gasteiger partial charge in [0, 0.05) is 23.2 Å². The maximum atomic E-state index is 12.0. The quantitative estimate of drug-likeness (QED) is 0.448. The summed E-state index contributed by atoms with van der Waals surface area (Å²) in [5, 5.41) is 12.0. The molecule has 0 unspecified atom stereocenters. The van der Waals surface area contributed by atoms with Crippen molar-refractivity contribution < 1.29 is 9.53 Å². The summed E-state index contributed by atoms with van der Waals surface area (Å²) in [5.74, 6) is 0.544. The zero-order valence-electron chi connectivity index (χ0n) is 16.6. The first-order chi connectivity index (χ1) is 14.6. The molecule has 3 heterocycles. The van der Waals surface area contributed by atoms with Crippen LogP contribution in [0.3, 0.4) is 0 Å². The number of hydrogen-bond acceptors (Lipinski definition) is 5. The van der Waals surface area contributed by atoms with E-state index in [9.17, 15) is 4.79 Å². The van der Waals surface area contributed by atoms with Crippen molar-refractivity contribution in [2.24, 2.45) is 0 Å². The Balaban J connectivity index is 1.66. The predicted molar refractivity (Wildman–Crippen MR) is 117 cm³/mol. The smallest absolute Gasteiger partial charge is 0.338 e. The number of benzene rings is 1. The van der Waals surface area contributed by atoms with E-state index in [-0.39, 0.29) is 5.97 Å². The molecule has 30 heavy (non-hydrogen) atoms. The number of halogens is 1. The van der Waals surface area contributed by atoms with Crippen molar-refractivity contribution in [3.63, 3.8) is 0 Å².